The van der Waals surface area contributed by atoms with Gasteiger partial charge in [0.2, 0.25) is 21.8 Å². The highest BCUT2D eigenvalue weighted by atomic mass is 35.5. The van der Waals surface area contributed by atoms with Gasteiger partial charge in [0.15, 0.2) is 0 Å². The number of sulfonamides is 1. The van der Waals surface area contributed by atoms with Crippen LogP contribution in [0.3, 0.4) is 0 Å². The van der Waals surface area contributed by atoms with Gasteiger partial charge in [-0.3, -0.25) is 13.9 Å². The third-order valence-electron chi connectivity index (χ3n) is 6.78. The second kappa shape index (κ2) is 15.2. The van der Waals surface area contributed by atoms with E-state index in [1.807, 2.05) is 56.3 Å². The molecular weight excluding hydrogens is 581 g/mol. The molecule has 3 aromatic rings. The quantitative estimate of drug-likeness (QED) is 0.237. The van der Waals surface area contributed by atoms with Crippen molar-refractivity contribution < 1.29 is 18.0 Å². The lowest BCUT2D eigenvalue weighted by molar-refractivity contribution is -0.141. The number of carbonyl (C=O) groups excluding carboxylic acids is 2. The van der Waals surface area contributed by atoms with Gasteiger partial charge in [0, 0.05) is 42.0 Å². The number of benzene rings is 3. The lowest BCUT2D eigenvalue weighted by Gasteiger charge is -2.32. The van der Waals surface area contributed by atoms with E-state index < -0.39 is 16.1 Å². The van der Waals surface area contributed by atoms with Crippen LogP contribution >= 0.6 is 23.2 Å². The first kappa shape index (κ1) is 32.4. The van der Waals surface area contributed by atoms with Crippen molar-refractivity contribution in [2.24, 2.45) is 0 Å². The molecule has 2 unspecified atom stereocenters. The maximum atomic E-state index is 13.9. The van der Waals surface area contributed by atoms with Crippen molar-refractivity contribution in [3.8, 4) is 0 Å². The summed E-state index contributed by atoms with van der Waals surface area (Å²) in [6.07, 6.45) is 2.51. The maximum absolute atomic E-state index is 13.9. The Balaban J connectivity index is 1.89. The molecule has 0 heterocycles. The summed E-state index contributed by atoms with van der Waals surface area (Å²) in [7, 11) is -3.60. The van der Waals surface area contributed by atoms with Crippen molar-refractivity contribution >= 4 is 50.7 Å². The highest BCUT2D eigenvalue weighted by Gasteiger charge is 2.31. The summed E-state index contributed by atoms with van der Waals surface area (Å²) in [5.41, 5.74) is 2.18. The molecule has 0 radical (unpaired) electrons. The first-order valence-corrected chi connectivity index (χ1v) is 16.2. The second-order valence-corrected chi connectivity index (χ2v) is 12.9. The Hall–Kier alpha value is -3.07. The van der Waals surface area contributed by atoms with Gasteiger partial charge < -0.3 is 10.2 Å². The molecule has 220 valence electrons. The molecule has 0 fully saturated rings. The molecule has 0 saturated heterocycles. The van der Waals surface area contributed by atoms with Crippen LogP contribution in [0.5, 0.6) is 0 Å². The Morgan fingerprint density at radius 3 is 2.17 bits per heavy atom. The van der Waals surface area contributed by atoms with Gasteiger partial charge in [-0.2, -0.15) is 0 Å². The standard InChI is InChI=1S/C31H37Cl2N3O4S/c1-4-23(2)34-31(38)29(21-24-10-6-5-7-11-24)35(22-25-12-8-13-27(33)20-25)30(37)14-9-19-36(41(3,39)40)28-17-15-26(32)16-18-28/h5-8,10-13,15-18,20,23,29H,4,9,14,19,21-22H2,1-3H3,(H,34,38). The smallest absolute Gasteiger partial charge is 0.243 e. The Morgan fingerprint density at radius 2 is 1.56 bits per heavy atom. The number of anilines is 1. The number of hydrogen-bond donors (Lipinski definition) is 1. The maximum Gasteiger partial charge on any atom is 0.243 e. The summed E-state index contributed by atoms with van der Waals surface area (Å²) in [5.74, 6) is -0.493. The lowest BCUT2D eigenvalue weighted by atomic mass is 10.0. The zero-order valence-electron chi connectivity index (χ0n) is 23.6. The van der Waals surface area contributed by atoms with Crippen molar-refractivity contribution in [2.45, 2.75) is 58.2 Å². The summed E-state index contributed by atoms with van der Waals surface area (Å²) in [6, 6.07) is 22.4. The van der Waals surface area contributed by atoms with Crippen molar-refractivity contribution in [3.63, 3.8) is 0 Å². The van der Waals surface area contributed by atoms with E-state index in [1.54, 1.807) is 41.3 Å². The average Bonchev–Trinajstić information content (AvgIpc) is 2.93. The van der Waals surface area contributed by atoms with E-state index in [0.717, 1.165) is 23.8 Å². The molecule has 0 spiro atoms. The van der Waals surface area contributed by atoms with Crippen LogP contribution in [0.4, 0.5) is 5.69 Å². The van der Waals surface area contributed by atoms with E-state index >= 15 is 0 Å². The summed E-state index contributed by atoms with van der Waals surface area (Å²) in [6.45, 7) is 4.19. The van der Waals surface area contributed by atoms with Gasteiger partial charge in [-0.05, 0) is 67.3 Å². The van der Waals surface area contributed by atoms with Crippen molar-refractivity contribution in [1.29, 1.82) is 0 Å². The minimum Gasteiger partial charge on any atom is -0.352 e. The number of nitrogens with zero attached hydrogens (tertiary/aromatic N) is 2. The number of hydrogen-bond acceptors (Lipinski definition) is 4. The molecule has 41 heavy (non-hydrogen) atoms. The van der Waals surface area contributed by atoms with Crippen LogP contribution in [0.25, 0.3) is 0 Å². The van der Waals surface area contributed by atoms with Crippen molar-refractivity contribution in [3.05, 3.63) is 100 Å². The van der Waals surface area contributed by atoms with Crippen LogP contribution in [0, 0.1) is 0 Å². The minimum absolute atomic E-state index is 0.0437. The van der Waals surface area contributed by atoms with Gasteiger partial charge in [0.25, 0.3) is 0 Å². The molecule has 1 N–H and O–H groups in total. The van der Waals surface area contributed by atoms with Gasteiger partial charge in [-0.25, -0.2) is 8.42 Å². The highest BCUT2D eigenvalue weighted by Crippen LogP contribution is 2.22. The van der Waals surface area contributed by atoms with E-state index in [0.29, 0.717) is 22.2 Å². The normalized spacial score (nSPS) is 12.8. The monoisotopic (exact) mass is 617 g/mol. The number of halogens is 2. The lowest BCUT2D eigenvalue weighted by Crippen LogP contribution is -2.52. The minimum atomic E-state index is -3.60. The predicted molar refractivity (Wildman–Crippen MR) is 167 cm³/mol. The van der Waals surface area contributed by atoms with Gasteiger partial charge in [-0.15, -0.1) is 0 Å². The zero-order chi connectivity index (χ0) is 30.0. The SMILES string of the molecule is CCC(C)NC(=O)C(Cc1ccccc1)N(Cc1cccc(Cl)c1)C(=O)CCCN(c1ccc(Cl)cc1)S(C)(=O)=O. The summed E-state index contributed by atoms with van der Waals surface area (Å²) in [4.78, 5) is 29.1. The van der Waals surface area contributed by atoms with Crippen LogP contribution < -0.4 is 9.62 Å². The molecule has 10 heteroatoms. The Morgan fingerprint density at radius 1 is 0.902 bits per heavy atom. The third kappa shape index (κ3) is 10.1. The molecule has 0 aromatic heterocycles. The molecule has 0 bridgehead atoms. The van der Waals surface area contributed by atoms with Crippen LogP contribution in [0.1, 0.15) is 44.2 Å². The topological polar surface area (TPSA) is 86.8 Å². The predicted octanol–water partition coefficient (Wildman–Crippen LogP) is 6.09. The molecular formula is C31H37Cl2N3O4S. The van der Waals surface area contributed by atoms with E-state index in [4.69, 9.17) is 23.2 Å². The van der Waals surface area contributed by atoms with Gasteiger partial charge in [0.1, 0.15) is 6.04 Å². The fourth-order valence-corrected chi connectivity index (χ4v) is 5.74. The molecule has 3 aromatic carbocycles. The van der Waals surface area contributed by atoms with Crippen LogP contribution in [0.2, 0.25) is 10.0 Å². The van der Waals surface area contributed by atoms with Gasteiger partial charge >= 0.3 is 0 Å². The molecule has 2 amide bonds. The molecule has 0 aliphatic heterocycles. The summed E-state index contributed by atoms with van der Waals surface area (Å²) in [5, 5.41) is 4.07. The van der Waals surface area contributed by atoms with Gasteiger partial charge in [-0.1, -0.05) is 72.6 Å². The zero-order valence-corrected chi connectivity index (χ0v) is 25.9. The molecule has 2 atom stereocenters. The van der Waals surface area contributed by atoms with E-state index in [9.17, 15) is 18.0 Å². The van der Waals surface area contributed by atoms with Crippen LogP contribution in [-0.2, 0) is 32.6 Å². The number of nitrogens with one attached hydrogen (secondary N) is 1. The number of amides is 2. The van der Waals surface area contributed by atoms with Crippen molar-refractivity contribution in [1.82, 2.24) is 10.2 Å². The average molecular weight is 619 g/mol. The first-order valence-electron chi connectivity index (χ1n) is 13.6. The summed E-state index contributed by atoms with van der Waals surface area (Å²) < 4.78 is 26.4. The van der Waals surface area contributed by atoms with E-state index in [-0.39, 0.29) is 43.8 Å². The Labute approximate surface area is 253 Å². The van der Waals surface area contributed by atoms with Crippen LogP contribution in [0.15, 0.2) is 78.9 Å². The molecule has 7 nitrogen and oxygen atoms in total. The molecule has 3 rings (SSSR count). The Kier molecular flexibility index (Phi) is 12.1. The van der Waals surface area contributed by atoms with Crippen LogP contribution in [-0.4, -0.2) is 50.0 Å². The summed E-state index contributed by atoms with van der Waals surface area (Å²) >= 11 is 12.2. The third-order valence-corrected chi connectivity index (χ3v) is 8.46. The van der Waals surface area contributed by atoms with E-state index in [2.05, 4.69) is 5.32 Å². The van der Waals surface area contributed by atoms with Gasteiger partial charge in [0.05, 0.1) is 11.9 Å². The fraction of sp³-hybridized carbons (Fsp3) is 0.355. The second-order valence-electron chi connectivity index (χ2n) is 10.1. The number of carbonyl (C=O) groups is 2. The number of rotatable bonds is 14. The molecule has 0 aliphatic rings. The highest BCUT2D eigenvalue weighted by molar-refractivity contribution is 7.92. The fourth-order valence-electron chi connectivity index (χ4n) is 4.44. The first-order chi connectivity index (χ1) is 19.5. The molecule has 0 aliphatic carbocycles. The Bertz CT molecular complexity index is 1400. The van der Waals surface area contributed by atoms with E-state index in [1.165, 1.54) is 4.31 Å². The largest absolute Gasteiger partial charge is 0.352 e. The van der Waals surface area contributed by atoms with Crippen molar-refractivity contribution in [2.75, 3.05) is 17.1 Å². The molecule has 0 saturated carbocycles.